The third kappa shape index (κ3) is 4.50. The number of hydrogen-bond acceptors (Lipinski definition) is 4. The van der Waals surface area contributed by atoms with Crippen molar-refractivity contribution in [3.63, 3.8) is 0 Å². The Labute approximate surface area is 194 Å². The fourth-order valence-corrected chi connectivity index (χ4v) is 7.24. The topological polar surface area (TPSA) is 44.8 Å². The van der Waals surface area contributed by atoms with Crippen molar-refractivity contribution in [3.8, 4) is 5.75 Å². The van der Waals surface area contributed by atoms with E-state index in [2.05, 4.69) is 32.0 Å². The Balaban J connectivity index is 1.41. The lowest BCUT2D eigenvalue weighted by molar-refractivity contribution is -0.129. The number of benzene rings is 1. The summed E-state index contributed by atoms with van der Waals surface area (Å²) in [4.78, 5) is 13.2. The molecule has 1 aromatic carbocycles. The molecule has 0 bridgehead atoms. The van der Waals surface area contributed by atoms with Crippen LogP contribution in [0.25, 0.3) is 0 Å². The number of ketones is 1. The zero-order valence-corrected chi connectivity index (χ0v) is 20.5. The molecular weight excluding hydrogens is 400 g/mol. The van der Waals surface area contributed by atoms with Gasteiger partial charge in [-0.3, -0.25) is 4.79 Å². The lowest BCUT2D eigenvalue weighted by atomic mass is 9.54. The number of ether oxygens (including phenoxy) is 3. The van der Waals surface area contributed by atoms with Crippen molar-refractivity contribution < 1.29 is 19.0 Å². The molecule has 4 rings (SSSR count). The Morgan fingerprint density at radius 2 is 2.03 bits per heavy atom. The lowest BCUT2D eigenvalue weighted by Gasteiger charge is -2.50. The van der Waals surface area contributed by atoms with Crippen LogP contribution in [0, 0.1) is 23.2 Å². The molecule has 0 N–H and O–H groups in total. The van der Waals surface area contributed by atoms with Gasteiger partial charge in [0.25, 0.3) is 0 Å². The van der Waals surface area contributed by atoms with Crippen LogP contribution < -0.4 is 4.74 Å². The molecule has 1 aromatic rings. The third-order valence-corrected chi connectivity index (χ3v) is 8.84. The van der Waals surface area contributed by atoms with E-state index in [1.807, 2.05) is 0 Å². The van der Waals surface area contributed by atoms with E-state index < -0.39 is 0 Å². The maximum atomic E-state index is 13.2. The fraction of sp³-hybridized carbons (Fsp3) is 0.750. The van der Waals surface area contributed by atoms with Crippen LogP contribution in [0.4, 0.5) is 0 Å². The fourth-order valence-electron chi connectivity index (χ4n) is 7.24. The maximum Gasteiger partial charge on any atom is 0.157 e. The molecule has 0 radical (unpaired) electrons. The largest absolute Gasteiger partial charge is 0.497 e. The number of rotatable bonds is 10. The summed E-state index contributed by atoms with van der Waals surface area (Å²) in [6.07, 6.45) is 10.6. The SMILES string of the molecule is CCCC(OC)OCCCCC1CC(=O)C2(C)CCC3c4ccc(OC)cc4CCC3C12. The molecule has 0 amide bonds. The van der Waals surface area contributed by atoms with E-state index in [1.165, 1.54) is 17.5 Å². The highest BCUT2D eigenvalue weighted by Crippen LogP contribution is 2.62. The van der Waals surface area contributed by atoms with Crippen molar-refractivity contribution >= 4 is 5.78 Å². The summed E-state index contributed by atoms with van der Waals surface area (Å²) in [6, 6.07) is 6.67. The molecule has 32 heavy (non-hydrogen) atoms. The van der Waals surface area contributed by atoms with Gasteiger partial charge in [-0.05, 0) is 91.9 Å². The summed E-state index contributed by atoms with van der Waals surface area (Å²) >= 11 is 0. The molecule has 3 aliphatic rings. The Bertz CT molecular complexity index is 790. The Kier molecular flexibility index (Phi) is 7.62. The second-order valence-corrected chi connectivity index (χ2v) is 10.6. The van der Waals surface area contributed by atoms with Gasteiger partial charge >= 0.3 is 0 Å². The summed E-state index contributed by atoms with van der Waals surface area (Å²) in [7, 11) is 3.47. The molecule has 3 aliphatic carbocycles. The third-order valence-electron chi connectivity index (χ3n) is 8.84. The number of fused-ring (bicyclic) bond motifs is 5. The minimum absolute atomic E-state index is 0.0728. The van der Waals surface area contributed by atoms with E-state index in [0.717, 1.165) is 70.1 Å². The van der Waals surface area contributed by atoms with Gasteiger partial charge in [-0.15, -0.1) is 0 Å². The molecule has 178 valence electrons. The van der Waals surface area contributed by atoms with E-state index in [4.69, 9.17) is 14.2 Å². The van der Waals surface area contributed by atoms with Crippen LogP contribution in [0.15, 0.2) is 18.2 Å². The van der Waals surface area contributed by atoms with Crippen molar-refractivity contribution in [2.24, 2.45) is 23.2 Å². The van der Waals surface area contributed by atoms with Crippen LogP contribution in [-0.4, -0.2) is 32.9 Å². The molecular formula is C28H42O4. The zero-order valence-electron chi connectivity index (χ0n) is 20.5. The Hall–Kier alpha value is -1.39. The van der Waals surface area contributed by atoms with Gasteiger partial charge < -0.3 is 14.2 Å². The summed E-state index contributed by atoms with van der Waals surface area (Å²) in [5.41, 5.74) is 2.89. The van der Waals surface area contributed by atoms with Gasteiger partial charge in [-0.2, -0.15) is 0 Å². The minimum Gasteiger partial charge on any atom is -0.497 e. The van der Waals surface area contributed by atoms with Crippen molar-refractivity contribution in [2.45, 2.75) is 90.3 Å². The zero-order chi connectivity index (χ0) is 22.7. The van der Waals surface area contributed by atoms with Gasteiger partial charge in [0.2, 0.25) is 0 Å². The number of aryl methyl sites for hydroxylation is 1. The normalized spacial score (nSPS) is 32.2. The standard InChI is InChI=1S/C28H42O4/c1-5-8-26(31-4)32-16-7-6-9-20-18-25(29)28(2)15-14-23-22-13-11-21(30-3)17-19(22)10-12-24(23)27(20)28/h11,13,17,20,23-24,26-27H,5-10,12,14-16,18H2,1-4H3. The van der Waals surface area contributed by atoms with Crippen LogP contribution >= 0.6 is 0 Å². The minimum atomic E-state index is -0.103. The second-order valence-electron chi connectivity index (χ2n) is 10.6. The summed E-state index contributed by atoms with van der Waals surface area (Å²) in [6.45, 7) is 5.19. The Morgan fingerprint density at radius 3 is 2.78 bits per heavy atom. The quantitative estimate of drug-likeness (QED) is 0.315. The molecule has 0 heterocycles. The van der Waals surface area contributed by atoms with Crippen LogP contribution in [0.2, 0.25) is 0 Å². The van der Waals surface area contributed by atoms with Gasteiger partial charge in [0.1, 0.15) is 11.5 Å². The monoisotopic (exact) mass is 442 g/mol. The lowest BCUT2D eigenvalue weighted by Crippen LogP contribution is -2.44. The molecule has 0 aliphatic heterocycles. The van der Waals surface area contributed by atoms with Crippen molar-refractivity contribution in [1.82, 2.24) is 0 Å². The predicted molar refractivity (Wildman–Crippen MR) is 127 cm³/mol. The highest BCUT2D eigenvalue weighted by molar-refractivity contribution is 5.87. The van der Waals surface area contributed by atoms with Crippen molar-refractivity contribution in [2.75, 3.05) is 20.8 Å². The maximum absolute atomic E-state index is 13.2. The van der Waals surface area contributed by atoms with E-state index in [9.17, 15) is 4.79 Å². The highest BCUT2D eigenvalue weighted by Gasteiger charge is 2.58. The molecule has 4 heteroatoms. The first-order valence-electron chi connectivity index (χ1n) is 12.9. The van der Waals surface area contributed by atoms with Gasteiger partial charge in [0, 0.05) is 25.6 Å². The van der Waals surface area contributed by atoms with Gasteiger partial charge in [-0.25, -0.2) is 0 Å². The average molecular weight is 443 g/mol. The summed E-state index contributed by atoms with van der Waals surface area (Å²) in [5.74, 6) is 3.82. The predicted octanol–water partition coefficient (Wildman–Crippen LogP) is 6.31. The number of carbonyl (C=O) groups is 1. The van der Waals surface area contributed by atoms with Gasteiger partial charge in [0.05, 0.1) is 7.11 Å². The van der Waals surface area contributed by atoms with Gasteiger partial charge in [0.15, 0.2) is 6.29 Å². The van der Waals surface area contributed by atoms with E-state index in [0.29, 0.717) is 29.5 Å². The highest BCUT2D eigenvalue weighted by atomic mass is 16.7. The first-order chi connectivity index (χ1) is 15.5. The molecule has 2 fully saturated rings. The number of unbranched alkanes of at least 4 members (excludes halogenated alkanes) is 1. The summed E-state index contributed by atoms with van der Waals surface area (Å²) in [5, 5.41) is 0. The number of methoxy groups -OCH3 is 2. The first-order valence-corrected chi connectivity index (χ1v) is 12.9. The number of hydrogen-bond donors (Lipinski definition) is 0. The van der Waals surface area contributed by atoms with Crippen molar-refractivity contribution in [3.05, 3.63) is 29.3 Å². The molecule has 4 nitrogen and oxygen atoms in total. The van der Waals surface area contributed by atoms with Crippen LogP contribution in [0.1, 0.15) is 88.7 Å². The first kappa shape index (κ1) is 23.8. The number of carbonyl (C=O) groups excluding carboxylic acids is 1. The molecule has 0 spiro atoms. The molecule has 2 saturated carbocycles. The van der Waals surface area contributed by atoms with Crippen LogP contribution in [-0.2, 0) is 20.7 Å². The Morgan fingerprint density at radius 1 is 1.19 bits per heavy atom. The number of Topliss-reactive ketones (excluding diaryl/α,β-unsaturated/α-hetero) is 1. The molecule has 0 aromatic heterocycles. The average Bonchev–Trinajstić information content (AvgIpc) is 3.07. The summed E-state index contributed by atoms with van der Waals surface area (Å²) < 4.78 is 16.8. The molecule has 6 atom stereocenters. The van der Waals surface area contributed by atoms with Crippen LogP contribution in [0.3, 0.4) is 0 Å². The van der Waals surface area contributed by atoms with Crippen molar-refractivity contribution in [1.29, 1.82) is 0 Å². The molecule has 0 saturated heterocycles. The van der Waals surface area contributed by atoms with Crippen LogP contribution in [0.5, 0.6) is 5.75 Å². The van der Waals surface area contributed by atoms with E-state index in [-0.39, 0.29) is 11.7 Å². The van der Waals surface area contributed by atoms with Gasteiger partial charge in [-0.1, -0.05) is 32.8 Å². The molecule has 6 unspecified atom stereocenters. The van der Waals surface area contributed by atoms with E-state index in [1.54, 1.807) is 14.2 Å². The second kappa shape index (κ2) is 10.3. The van der Waals surface area contributed by atoms with E-state index >= 15 is 0 Å². The smallest absolute Gasteiger partial charge is 0.157 e.